The number of amides is 1. The molecule has 1 fully saturated rings. The van der Waals surface area contributed by atoms with Gasteiger partial charge >= 0.3 is 0 Å². The number of aliphatic hydroxyl groups excluding tert-OH is 1. The highest BCUT2D eigenvalue weighted by atomic mass is 16.3. The van der Waals surface area contributed by atoms with Crippen LogP contribution in [0.15, 0.2) is 0 Å². The van der Waals surface area contributed by atoms with E-state index in [0.717, 1.165) is 13.0 Å². The summed E-state index contributed by atoms with van der Waals surface area (Å²) in [5, 5.41) is 11.7. The van der Waals surface area contributed by atoms with E-state index < -0.39 is 0 Å². The van der Waals surface area contributed by atoms with Gasteiger partial charge in [0.25, 0.3) is 0 Å². The Bertz CT molecular complexity index is 174. The molecule has 82 valence electrons. The van der Waals surface area contributed by atoms with E-state index in [9.17, 15) is 4.79 Å². The first kappa shape index (κ1) is 11.5. The molecule has 0 spiro atoms. The highest BCUT2D eigenvalue weighted by molar-refractivity contribution is 5.72. The average Bonchev–Trinajstić information content (AvgIpc) is 2.17. The summed E-state index contributed by atoms with van der Waals surface area (Å²) in [6, 6.07) is 0. The minimum atomic E-state index is 0.0717. The summed E-state index contributed by atoms with van der Waals surface area (Å²) in [7, 11) is 0. The standard InChI is InChI=1S/C11H21NO2/c1-9(14)12-8-11-4-2-10(3-5-11)6-7-13/h10-11,13H,2-8H2,1H3,(H,12,14). The summed E-state index contributed by atoms with van der Waals surface area (Å²) in [5.74, 6) is 1.45. The first-order valence-electron chi connectivity index (χ1n) is 5.57. The molecule has 2 N–H and O–H groups in total. The molecular formula is C11H21NO2. The van der Waals surface area contributed by atoms with Gasteiger partial charge in [0.05, 0.1) is 0 Å². The zero-order valence-corrected chi connectivity index (χ0v) is 8.96. The van der Waals surface area contributed by atoms with E-state index in [1.807, 2.05) is 0 Å². The van der Waals surface area contributed by atoms with Crippen LogP contribution in [0.4, 0.5) is 0 Å². The molecule has 1 aliphatic carbocycles. The molecule has 1 aliphatic rings. The van der Waals surface area contributed by atoms with E-state index in [2.05, 4.69) is 5.32 Å². The summed E-state index contributed by atoms with van der Waals surface area (Å²) in [4.78, 5) is 10.7. The SMILES string of the molecule is CC(=O)NCC1CCC(CCO)CC1. The van der Waals surface area contributed by atoms with Gasteiger partial charge < -0.3 is 10.4 Å². The Morgan fingerprint density at radius 1 is 1.29 bits per heavy atom. The molecule has 0 atom stereocenters. The molecule has 1 saturated carbocycles. The monoisotopic (exact) mass is 199 g/mol. The highest BCUT2D eigenvalue weighted by Gasteiger charge is 2.20. The Labute approximate surface area is 85.9 Å². The number of rotatable bonds is 4. The van der Waals surface area contributed by atoms with E-state index >= 15 is 0 Å². The van der Waals surface area contributed by atoms with Crippen molar-refractivity contribution < 1.29 is 9.90 Å². The van der Waals surface area contributed by atoms with Crippen LogP contribution in [0, 0.1) is 11.8 Å². The van der Waals surface area contributed by atoms with Crippen LogP contribution in [0.25, 0.3) is 0 Å². The number of hydrogen-bond donors (Lipinski definition) is 2. The first-order chi connectivity index (χ1) is 6.72. The minimum absolute atomic E-state index is 0.0717. The van der Waals surface area contributed by atoms with Crippen molar-refractivity contribution >= 4 is 5.91 Å². The summed E-state index contributed by atoms with van der Waals surface area (Å²) >= 11 is 0. The van der Waals surface area contributed by atoms with Crippen molar-refractivity contribution in [1.82, 2.24) is 5.32 Å². The molecule has 0 saturated heterocycles. The Hall–Kier alpha value is -0.570. The van der Waals surface area contributed by atoms with Crippen molar-refractivity contribution in [2.75, 3.05) is 13.2 Å². The third kappa shape index (κ3) is 4.09. The Morgan fingerprint density at radius 2 is 1.86 bits per heavy atom. The maximum atomic E-state index is 10.7. The fraction of sp³-hybridized carbons (Fsp3) is 0.909. The number of carbonyl (C=O) groups excluding carboxylic acids is 1. The normalized spacial score (nSPS) is 27.3. The molecule has 0 bridgehead atoms. The maximum Gasteiger partial charge on any atom is 0.216 e. The maximum absolute atomic E-state index is 10.7. The molecule has 1 amide bonds. The second-order valence-electron chi connectivity index (χ2n) is 4.34. The third-order valence-corrected chi connectivity index (χ3v) is 3.14. The minimum Gasteiger partial charge on any atom is -0.396 e. The summed E-state index contributed by atoms with van der Waals surface area (Å²) in [6.45, 7) is 2.72. The van der Waals surface area contributed by atoms with Crippen LogP contribution in [0.3, 0.4) is 0 Å². The van der Waals surface area contributed by atoms with Gasteiger partial charge in [0.1, 0.15) is 0 Å². The molecule has 3 nitrogen and oxygen atoms in total. The lowest BCUT2D eigenvalue weighted by molar-refractivity contribution is -0.119. The lowest BCUT2D eigenvalue weighted by Crippen LogP contribution is -2.29. The molecule has 0 aromatic heterocycles. The molecule has 0 aromatic rings. The fourth-order valence-electron chi connectivity index (χ4n) is 2.19. The summed E-state index contributed by atoms with van der Waals surface area (Å²) < 4.78 is 0. The zero-order chi connectivity index (χ0) is 10.4. The van der Waals surface area contributed by atoms with Crippen molar-refractivity contribution in [3.8, 4) is 0 Å². The predicted octanol–water partition coefficient (Wildman–Crippen LogP) is 1.31. The van der Waals surface area contributed by atoms with E-state index in [-0.39, 0.29) is 5.91 Å². The van der Waals surface area contributed by atoms with Gasteiger partial charge in [0.15, 0.2) is 0 Å². The molecule has 0 aliphatic heterocycles. The van der Waals surface area contributed by atoms with Crippen molar-refractivity contribution in [1.29, 1.82) is 0 Å². The molecule has 0 aromatic carbocycles. The van der Waals surface area contributed by atoms with Crippen LogP contribution in [-0.4, -0.2) is 24.2 Å². The number of nitrogens with one attached hydrogen (secondary N) is 1. The van der Waals surface area contributed by atoms with Gasteiger partial charge in [-0.05, 0) is 31.1 Å². The van der Waals surface area contributed by atoms with E-state index in [4.69, 9.17) is 5.11 Å². The molecular weight excluding hydrogens is 178 g/mol. The Balaban J connectivity index is 2.12. The van der Waals surface area contributed by atoms with Gasteiger partial charge in [-0.3, -0.25) is 4.79 Å². The number of aliphatic hydroxyl groups is 1. The molecule has 0 radical (unpaired) electrons. The van der Waals surface area contributed by atoms with Crippen LogP contribution in [0.5, 0.6) is 0 Å². The van der Waals surface area contributed by atoms with Crippen molar-refractivity contribution in [3.63, 3.8) is 0 Å². The topological polar surface area (TPSA) is 49.3 Å². The fourth-order valence-corrected chi connectivity index (χ4v) is 2.19. The molecule has 1 rings (SSSR count). The zero-order valence-electron chi connectivity index (χ0n) is 8.96. The van der Waals surface area contributed by atoms with Gasteiger partial charge in [-0.1, -0.05) is 12.8 Å². The van der Waals surface area contributed by atoms with Gasteiger partial charge in [-0.25, -0.2) is 0 Å². The lowest BCUT2D eigenvalue weighted by atomic mass is 9.80. The van der Waals surface area contributed by atoms with Crippen molar-refractivity contribution in [2.24, 2.45) is 11.8 Å². The second kappa shape index (κ2) is 6.02. The first-order valence-corrected chi connectivity index (χ1v) is 5.57. The molecule has 0 heterocycles. The quantitative estimate of drug-likeness (QED) is 0.717. The average molecular weight is 199 g/mol. The van der Waals surface area contributed by atoms with E-state index in [1.54, 1.807) is 6.92 Å². The molecule has 3 heteroatoms. The van der Waals surface area contributed by atoms with E-state index in [1.165, 1.54) is 25.7 Å². The number of hydrogen-bond acceptors (Lipinski definition) is 2. The molecule has 0 unspecified atom stereocenters. The van der Waals surface area contributed by atoms with Crippen LogP contribution in [-0.2, 0) is 4.79 Å². The Kier molecular flexibility index (Phi) is 4.94. The van der Waals surface area contributed by atoms with Gasteiger partial charge in [-0.2, -0.15) is 0 Å². The van der Waals surface area contributed by atoms with E-state index in [0.29, 0.717) is 18.4 Å². The van der Waals surface area contributed by atoms with Crippen LogP contribution in [0.1, 0.15) is 39.0 Å². The third-order valence-electron chi connectivity index (χ3n) is 3.14. The largest absolute Gasteiger partial charge is 0.396 e. The lowest BCUT2D eigenvalue weighted by Gasteiger charge is -2.28. The van der Waals surface area contributed by atoms with Gasteiger partial charge in [0, 0.05) is 20.1 Å². The Morgan fingerprint density at radius 3 is 2.36 bits per heavy atom. The summed E-state index contributed by atoms with van der Waals surface area (Å²) in [6.07, 6.45) is 5.78. The predicted molar refractivity (Wildman–Crippen MR) is 55.8 cm³/mol. The summed E-state index contributed by atoms with van der Waals surface area (Å²) in [5.41, 5.74) is 0. The van der Waals surface area contributed by atoms with Crippen LogP contribution in [0.2, 0.25) is 0 Å². The second-order valence-corrected chi connectivity index (χ2v) is 4.34. The van der Waals surface area contributed by atoms with Crippen molar-refractivity contribution in [2.45, 2.75) is 39.0 Å². The van der Waals surface area contributed by atoms with Crippen LogP contribution >= 0.6 is 0 Å². The van der Waals surface area contributed by atoms with Gasteiger partial charge in [0.2, 0.25) is 5.91 Å². The number of carbonyl (C=O) groups is 1. The molecule has 14 heavy (non-hydrogen) atoms. The smallest absolute Gasteiger partial charge is 0.216 e. The van der Waals surface area contributed by atoms with Gasteiger partial charge in [-0.15, -0.1) is 0 Å². The van der Waals surface area contributed by atoms with Crippen molar-refractivity contribution in [3.05, 3.63) is 0 Å². The van der Waals surface area contributed by atoms with Crippen LogP contribution < -0.4 is 5.32 Å². The highest BCUT2D eigenvalue weighted by Crippen LogP contribution is 2.30.